The molecule has 0 aliphatic carbocycles. The SMILES string of the molecule is CC(C)c1ccc(NC(=O)c2cc3ccccc3c(=O)s2)cc1. The first kappa shape index (κ1) is 15.4. The van der Waals surface area contributed by atoms with Crippen molar-refractivity contribution in [3.63, 3.8) is 0 Å². The van der Waals surface area contributed by atoms with Gasteiger partial charge in [-0.1, -0.05) is 55.5 Å². The Morgan fingerprint density at radius 1 is 1.04 bits per heavy atom. The monoisotopic (exact) mass is 323 g/mol. The van der Waals surface area contributed by atoms with Gasteiger partial charge in [-0.15, -0.1) is 0 Å². The molecule has 0 atom stereocenters. The van der Waals surface area contributed by atoms with Gasteiger partial charge in [-0.2, -0.15) is 0 Å². The molecule has 1 N–H and O–H groups in total. The third-order valence-corrected chi connectivity index (χ3v) is 4.66. The Balaban J connectivity index is 1.87. The molecule has 0 spiro atoms. The molecule has 0 unspecified atom stereocenters. The molecule has 1 aromatic heterocycles. The van der Waals surface area contributed by atoms with Crippen LogP contribution in [0.1, 0.15) is 35.0 Å². The highest BCUT2D eigenvalue weighted by molar-refractivity contribution is 7.12. The summed E-state index contributed by atoms with van der Waals surface area (Å²) in [6.07, 6.45) is 0. The molecule has 2 aromatic carbocycles. The molecule has 0 saturated heterocycles. The van der Waals surface area contributed by atoms with Crippen LogP contribution in [0.3, 0.4) is 0 Å². The number of rotatable bonds is 3. The van der Waals surface area contributed by atoms with Gasteiger partial charge in [0.05, 0.1) is 4.88 Å². The predicted molar refractivity (Wildman–Crippen MR) is 96.6 cm³/mol. The fraction of sp³-hybridized carbons (Fsp3) is 0.158. The van der Waals surface area contributed by atoms with E-state index < -0.39 is 0 Å². The molecule has 4 heteroatoms. The Bertz CT molecular complexity index is 911. The lowest BCUT2D eigenvalue weighted by Crippen LogP contribution is -2.12. The number of benzene rings is 2. The van der Waals surface area contributed by atoms with E-state index in [-0.39, 0.29) is 10.6 Å². The topological polar surface area (TPSA) is 46.2 Å². The molecule has 116 valence electrons. The van der Waals surface area contributed by atoms with Gasteiger partial charge in [-0.25, -0.2) is 0 Å². The van der Waals surface area contributed by atoms with E-state index in [1.807, 2.05) is 42.5 Å². The van der Waals surface area contributed by atoms with Crippen molar-refractivity contribution in [2.24, 2.45) is 0 Å². The Morgan fingerprint density at radius 2 is 1.74 bits per heavy atom. The molecule has 0 saturated carbocycles. The molecule has 0 aliphatic rings. The van der Waals surface area contributed by atoms with Crippen LogP contribution in [0.2, 0.25) is 0 Å². The van der Waals surface area contributed by atoms with Crippen LogP contribution >= 0.6 is 11.3 Å². The maximum Gasteiger partial charge on any atom is 0.265 e. The minimum absolute atomic E-state index is 0.0941. The van der Waals surface area contributed by atoms with Gasteiger partial charge in [0.25, 0.3) is 5.91 Å². The second-order valence-corrected chi connectivity index (χ2v) is 6.73. The summed E-state index contributed by atoms with van der Waals surface area (Å²) in [6.45, 7) is 4.25. The number of hydrogen-bond acceptors (Lipinski definition) is 3. The zero-order valence-corrected chi connectivity index (χ0v) is 13.8. The number of fused-ring (bicyclic) bond motifs is 1. The normalized spacial score (nSPS) is 10.9. The summed E-state index contributed by atoms with van der Waals surface area (Å²) in [5.74, 6) is 0.195. The van der Waals surface area contributed by atoms with Gasteiger partial charge in [-0.05, 0) is 41.1 Å². The van der Waals surface area contributed by atoms with Crippen molar-refractivity contribution in [3.05, 3.63) is 74.6 Å². The molecule has 3 rings (SSSR count). The standard InChI is InChI=1S/C19H17NO2S/c1-12(2)13-7-9-15(10-8-13)20-18(21)17-11-14-5-3-4-6-16(14)19(22)23-17/h3-12H,1-2H3,(H,20,21). The van der Waals surface area contributed by atoms with Gasteiger partial charge in [0.15, 0.2) is 0 Å². The van der Waals surface area contributed by atoms with E-state index in [4.69, 9.17) is 0 Å². The maximum absolute atomic E-state index is 12.4. The lowest BCUT2D eigenvalue weighted by molar-refractivity contribution is 0.103. The highest BCUT2D eigenvalue weighted by Crippen LogP contribution is 2.19. The summed E-state index contributed by atoms with van der Waals surface area (Å²) in [7, 11) is 0. The summed E-state index contributed by atoms with van der Waals surface area (Å²) in [5, 5.41) is 4.29. The van der Waals surface area contributed by atoms with Crippen molar-refractivity contribution in [1.29, 1.82) is 0 Å². The van der Waals surface area contributed by atoms with E-state index >= 15 is 0 Å². The van der Waals surface area contributed by atoms with Crippen molar-refractivity contribution in [3.8, 4) is 0 Å². The average Bonchev–Trinajstić information content (AvgIpc) is 2.55. The van der Waals surface area contributed by atoms with Crippen molar-refractivity contribution in [2.45, 2.75) is 19.8 Å². The van der Waals surface area contributed by atoms with E-state index in [1.54, 1.807) is 12.1 Å². The first-order valence-corrected chi connectivity index (χ1v) is 8.30. The second-order valence-electron chi connectivity index (χ2n) is 5.72. The van der Waals surface area contributed by atoms with E-state index in [1.165, 1.54) is 5.56 Å². The van der Waals surface area contributed by atoms with Crippen LogP contribution in [0.4, 0.5) is 5.69 Å². The maximum atomic E-state index is 12.4. The smallest absolute Gasteiger partial charge is 0.265 e. The van der Waals surface area contributed by atoms with Crippen LogP contribution in [-0.4, -0.2) is 5.91 Å². The molecule has 0 bridgehead atoms. The number of carbonyl (C=O) groups is 1. The van der Waals surface area contributed by atoms with Crippen molar-refractivity contribution < 1.29 is 4.79 Å². The van der Waals surface area contributed by atoms with Crippen molar-refractivity contribution in [1.82, 2.24) is 0 Å². The van der Waals surface area contributed by atoms with Crippen LogP contribution in [0.15, 0.2) is 59.4 Å². The van der Waals surface area contributed by atoms with Gasteiger partial charge < -0.3 is 5.32 Å². The molecule has 1 amide bonds. The lowest BCUT2D eigenvalue weighted by Gasteiger charge is -2.08. The van der Waals surface area contributed by atoms with Crippen LogP contribution in [0.25, 0.3) is 10.8 Å². The Morgan fingerprint density at radius 3 is 2.43 bits per heavy atom. The molecule has 0 radical (unpaired) electrons. The summed E-state index contributed by atoms with van der Waals surface area (Å²) in [5.41, 5.74) is 1.95. The summed E-state index contributed by atoms with van der Waals surface area (Å²) in [6, 6.07) is 16.9. The van der Waals surface area contributed by atoms with Crippen molar-refractivity contribution in [2.75, 3.05) is 5.32 Å². The zero-order chi connectivity index (χ0) is 16.4. The van der Waals surface area contributed by atoms with Crippen LogP contribution in [-0.2, 0) is 0 Å². The Labute approximate surface area is 138 Å². The predicted octanol–water partition coefficient (Wildman–Crippen LogP) is 4.64. The highest BCUT2D eigenvalue weighted by Gasteiger charge is 2.10. The molecule has 0 fully saturated rings. The van der Waals surface area contributed by atoms with Crippen LogP contribution in [0.5, 0.6) is 0 Å². The third-order valence-electron chi connectivity index (χ3n) is 3.73. The lowest BCUT2D eigenvalue weighted by atomic mass is 10.0. The van der Waals surface area contributed by atoms with Crippen LogP contribution < -0.4 is 10.1 Å². The summed E-state index contributed by atoms with van der Waals surface area (Å²) in [4.78, 5) is 24.9. The quantitative estimate of drug-likeness (QED) is 0.763. The van der Waals surface area contributed by atoms with Crippen molar-refractivity contribution >= 4 is 33.7 Å². The number of carbonyl (C=O) groups excluding carboxylic acids is 1. The second kappa shape index (κ2) is 6.34. The first-order chi connectivity index (χ1) is 11.0. The molecule has 3 nitrogen and oxygen atoms in total. The third kappa shape index (κ3) is 3.32. The average molecular weight is 323 g/mol. The molecular formula is C19H17NO2S. The molecule has 0 aliphatic heterocycles. The minimum atomic E-state index is -0.254. The highest BCUT2D eigenvalue weighted by atomic mass is 32.1. The molecule has 1 heterocycles. The fourth-order valence-electron chi connectivity index (χ4n) is 2.39. The van der Waals surface area contributed by atoms with E-state index in [0.717, 1.165) is 22.4 Å². The van der Waals surface area contributed by atoms with Crippen LogP contribution in [0, 0.1) is 0 Å². The minimum Gasteiger partial charge on any atom is -0.321 e. The first-order valence-electron chi connectivity index (χ1n) is 7.49. The number of nitrogens with one attached hydrogen (secondary N) is 1. The van der Waals surface area contributed by atoms with E-state index in [2.05, 4.69) is 19.2 Å². The van der Waals surface area contributed by atoms with Gasteiger partial charge in [0.1, 0.15) is 0 Å². The number of hydrogen-bond donors (Lipinski definition) is 1. The van der Waals surface area contributed by atoms with Gasteiger partial charge in [-0.3, -0.25) is 9.59 Å². The Hall–Kier alpha value is -2.46. The number of amides is 1. The Kier molecular flexibility index (Phi) is 4.26. The zero-order valence-electron chi connectivity index (χ0n) is 13.0. The fourth-order valence-corrected chi connectivity index (χ4v) is 3.22. The van der Waals surface area contributed by atoms with Gasteiger partial charge in [0, 0.05) is 11.1 Å². The van der Waals surface area contributed by atoms with E-state index in [9.17, 15) is 9.59 Å². The van der Waals surface area contributed by atoms with E-state index in [0.29, 0.717) is 16.2 Å². The van der Waals surface area contributed by atoms with Gasteiger partial charge in [0.2, 0.25) is 4.74 Å². The summed E-state index contributed by atoms with van der Waals surface area (Å²) >= 11 is 0.975. The largest absolute Gasteiger partial charge is 0.321 e. The number of anilines is 1. The molecular weight excluding hydrogens is 306 g/mol. The molecule has 3 aromatic rings. The summed E-state index contributed by atoms with van der Waals surface area (Å²) < 4.78 is -0.0941. The molecule has 23 heavy (non-hydrogen) atoms. The van der Waals surface area contributed by atoms with Gasteiger partial charge >= 0.3 is 0 Å².